The Morgan fingerprint density at radius 2 is 2.35 bits per heavy atom. The van der Waals surface area contributed by atoms with E-state index in [1.807, 2.05) is 6.20 Å². The number of aryl methyl sites for hydroxylation is 1. The van der Waals surface area contributed by atoms with Crippen LogP contribution in [-0.4, -0.2) is 18.1 Å². The SMILES string of the molecule is CC1CCNCC1CC1CCc2cccnc21. The predicted octanol–water partition coefficient (Wildman–Crippen LogP) is 2.75. The summed E-state index contributed by atoms with van der Waals surface area (Å²) in [4.78, 5) is 4.61. The van der Waals surface area contributed by atoms with Crippen molar-refractivity contribution in [2.45, 2.75) is 38.5 Å². The van der Waals surface area contributed by atoms with E-state index in [0.717, 1.165) is 17.8 Å². The van der Waals surface area contributed by atoms with Gasteiger partial charge in [-0.15, -0.1) is 0 Å². The van der Waals surface area contributed by atoms with E-state index in [0.29, 0.717) is 0 Å². The van der Waals surface area contributed by atoms with Crippen LogP contribution in [-0.2, 0) is 6.42 Å². The van der Waals surface area contributed by atoms with Crippen molar-refractivity contribution < 1.29 is 0 Å². The van der Waals surface area contributed by atoms with E-state index >= 15 is 0 Å². The largest absolute Gasteiger partial charge is 0.316 e. The van der Waals surface area contributed by atoms with Crippen molar-refractivity contribution in [2.24, 2.45) is 11.8 Å². The van der Waals surface area contributed by atoms with Gasteiger partial charge >= 0.3 is 0 Å². The fourth-order valence-electron chi connectivity index (χ4n) is 3.46. The first kappa shape index (κ1) is 11.2. The van der Waals surface area contributed by atoms with Gasteiger partial charge in [0.2, 0.25) is 0 Å². The summed E-state index contributed by atoms with van der Waals surface area (Å²) < 4.78 is 0. The highest BCUT2D eigenvalue weighted by molar-refractivity contribution is 5.28. The summed E-state index contributed by atoms with van der Waals surface area (Å²) >= 11 is 0. The van der Waals surface area contributed by atoms with Gasteiger partial charge in [0.25, 0.3) is 0 Å². The molecule has 0 bridgehead atoms. The second-order valence-corrected chi connectivity index (χ2v) is 5.75. The lowest BCUT2D eigenvalue weighted by Gasteiger charge is -2.31. The molecule has 2 heterocycles. The lowest BCUT2D eigenvalue weighted by atomic mass is 9.81. The quantitative estimate of drug-likeness (QED) is 0.845. The fourth-order valence-corrected chi connectivity index (χ4v) is 3.46. The molecule has 1 aliphatic heterocycles. The van der Waals surface area contributed by atoms with Gasteiger partial charge in [-0.25, -0.2) is 0 Å². The molecule has 1 aromatic heterocycles. The first-order chi connectivity index (χ1) is 8.34. The number of hydrogen-bond donors (Lipinski definition) is 1. The minimum atomic E-state index is 0.721. The van der Waals surface area contributed by atoms with E-state index < -0.39 is 0 Å². The fraction of sp³-hybridized carbons (Fsp3) is 0.667. The van der Waals surface area contributed by atoms with Gasteiger partial charge in [0.15, 0.2) is 0 Å². The van der Waals surface area contributed by atoms with Crippen LogP contribution >= 0.6 is 0 Å². The summed E-state index contributed by atoms with van der Waals surface area (Å²) in [6.07, 6.45) is 7.18. The zero-order chi connectivity index (χ0) is 11.7. The number of hydrogen-bond acceptors (Lipinski definition) is 2. The first-order valence-electron chi connectivity index (χ1n) is 6.99. The molecule has 2 nitrogen and oxygen atoms in total. The van der Waals surface area contributed by atoms with Crippen LogP contribution in [0.2, 0.25) is 0 Å². The Morgan fingerprint density at radius 3 is 3.24 bits per heavy atom. The standard InChI is InChI=1S/C15H22N2/c1-11-6-8-16-10-14(11)9-13-5-4-12-3-2-7-17-15(12)13/h2-3,7,11,13-14,16H,4-6,8-10H2,1H3. The molecule has 17 heavy (non-hydrogen) atoms. The van der Waals surface area contributed by atoms with Crippen LogP contribution in [0, 0.1) is 11.8 Å². The number of rotatable bonds is 2. The molecule has 2 heteroatoms. The van der Waals surface area contributed by atoms with Crippen molar-refractivity contribution >= 4 is 0 Å². The number of aromatic nitrogens is 1. The van der Waals surface area contributed by atoms with Crippen molar-refractivity contribution in [2.75, 3.05) is 13.1 Å². The molecule has 3 rings (SSSR count). The molecule has 0 spiro atoms. The topological polar surface area (TPSA) is 24.9 Å². The zero-order valence-corrected chi connectivity index (χ0v) is 10.7. The van der Waals surface area contributed by atoms with E-state index in [-0.39, 0.29) is 0 Å². The molecule has 1 fully saturated rings. The second kappa shape index (κ2) is 4.77. The van der Waals surface area contributed by atoms with E-state index in [9.17, 15) is 0 Å². The van der Waals surface area contributed by atoms with Crippen LogP contribution in [0.4, 0.5) is 0 Å². The van der Waals surface area contributed by atoms with Crippen LogP contribution in [0.25, 0.3) is 0 Å². The lowest BCUT2D eigenvalue weighted by Crippen LogP contribution is -2.36. The number of nitrogens with one attached hydrogen (secondary N) is 1. The summed E-state index contributed by atoms with van der Waals surface area (Å²) in [5.41, 5.74) is 2.89. The Bertz CT molecular complexity index is 388. The molecule has 0 saturated carbocycles. The van der Waals surface area contributed by atoms with Crippen LogP contribution in [0.5, 0.6) is 0 Å². The van der Waals surface area contributed by atoms with Crippen LogP contribution in [0.1, 0.15) is 43.4 Å². The maximum absolute atomic E-state index is 4.61. The highest BCUT2D eigenvalue weighted by Gasteiger charge is 2.29. The van der Waals surface area contributed by atoms with Gasteiger partial charge in [-0.2, -0.15) is 0 Å². The van der Waals surface area contributed by atoms with Crippen molar-refractivity contribution in [3.05, 3.63) is 29.6 Å². The van der Waals surface area contributed by atoms with Gasteiger partial charge in [0.05, 0.1) is 0 Å². The third-order valence-electron chi connectivity index (χ3n) is 4.65. The van der Waals surface area contributed by atoms with Gasteiger partial charge in [-0.05, 0) is 62.2 Å². The molecule has 0 aromatic carbocycles. The highest BCUT2D eigenvalue weighted by Crippen LogP contribution is 2.38. The normalized spacial score (nSPS) is 32.4. The molecule has 3 unspecified atom stereocenters. The molecular weight excluding hydrogens is 208 g/mol. The van der Waals surface area contributed by atoms with Gasteiger partial charge in [-0.1, -0.05) is 13.0 Å². The number of pyridine rings is 1. The monoisotopic (exact) mass is 230 g/mol. The average Bonchev–Trinajstić information content (AvgIpc) is 2.76. The van der Waals surface area contributed by atoms with Gasteiger partial charge in [-0.3, -0.25) is 4.98 Å². The van der Waals surface area contributed by atoms with Crippen molar-refractivity contribution in [3.63, 3.8) is 0 Å². The molecule has 1 N–H and O–H groups in total. The molecule has 1 aromatic rings. The minimum Gasteiger partial charge on any atom is -0.316 e. The number of nitrogens with zero attached hydrogens (tertiary/aromatic N) is 1. The first-order valence-corrected chi connectivity index (χ1v) is 6.99. The summed E-state index contributed by atoms with van der Waals surface area (Å²) in [6, 6.07) is 4.33. The third-order valence-corrected chi connectivity index (χ3v) is 4.65. The summed E-state index contributed by atoms with van der Waals surface area (Å²) in [7, 11) is 0. The summed E-state index contributed by atoms with van der Waals surface area (Å²) in [5, 5.41) is 3.54. The summed E-state index contributed by atoms with van der Waals surface area (Å²) in [5.74, 6) is 2.45. The van der Waals surface area contributed by atoms with Crippen molar-refractivity contribution in [1.29, 1.82) is 0 Å². The average molecular weight is 230 g/mol. The van der Waals surface area contributed by atoms with Gasteiger partial charge < -0.3 is 5.32 Å². The maximum atomic E-state index is 4.61. The van der Waals surface area contributed by atoms with Gasteiger partial charge in [0.1, 0.15) is 0 Å². The van der Waals surface area contributed by atoms with Crippen molar-refractivity contribution in [3.8, 4) is 0 Å². The Balaban J connectivity index is 1.70. The van der Waals surface area contributed by atoms with Crippen LogP contribution in [0.15, 0.2) is 18.3 Å². The molecule has 0 amide bonds. The number of fused-ring (bicyclic) bond motifs is 1. The Hall–Kier alpha value is -0.890. The zero-order valence-electron chi connectivity index (χ0n) is 10.7. The molecule has 0 radical (unpaired) electrons. The third kappa shape index (κ3) is 2.23. The molecule has 3 atom stereocenters. The van der Waals surface area contributed by atoms with Crippen molar-refractivity contribution in [1.82, 2.24) is 10.3 Å². The molecular formula is C15H22N2. The molecule has 92 valence electrons. The highest BCUT2D eigenvalue weighted by atomic mass is 14.9. The lowest BCUT2D eigenvalue weighted by molar-refractivity contribution is 0.244. The van der Waals surface area contributed by atoms with Crippen LogP contribution < -0.4 is 5.32 Å². The van der Waals surface area contributed by atoms with E-state index in [4.69, 9.17) is 0 Å². The second-order valence-electron chi connectivity index (χ2n) is 5.75. The Kier molecular flexibility index (Phi) is 3.15. The Morgan fingerprint density at radius 1 is 1.41 bits per heavy atom. The van der Waals surface area contributed by atoms with Crippen LogP contribution in [0.3, 0.4) is 0 Å². The maximum Gasteiger partial charge on any atom is 0.0466 e. The number of piperidine rings is 1. The van der Waals surface area contributed by atoms with E-state index in [2.05, 4.69) is 29.4 Å². The summed E-state index contributed by atoms with van der Waals surface area (Å²) in [6.45, 7) is 4.83. The minimum absolute atomic E-state index is 0.721. The Labute approximate surface area is 104 Å². The molecule has 1 saturated heterocycles. The molecule has 1 aliphatic carbocycles. The predicted molar refractivity (Wildman–Crippen MR) is 70.1 cm³/mol. The smallest absolute Gasteiger partial charge is 0.0466 e. The van der Waals surface area contributed by atoms with E-state index in [1.54, 1.807) is 0 Å². The van der Waals surface area contributed by atoms with Gasteiger partial charge in [0, 0.05) is 17.8 Å². The van der Waals surface area contributed by atoms with E-state index in [1.165, 1.54) is 50.0 Å². The molecule has 2 aliphatic rings.